The second-order valence-corrected chi connectivity index (χ2v) is 10.5. The number of hydrogen-bond donors (Lipinski definition) is 0. The number of hydrogen-bond acceptors (Lipinski definition) is 7. The van der Waals surface area contributed by atoms with Gasteiger partial charge in [-0.15, -0.1) is 0 Å². The number of methoxy groups -OCH3 is 1. The van der Waals surface area contributed by atoms with Gasteiger partial charge in [-0.2, -0.15) is 0 Å². The molecule has 204 valence electrons. The first-order valence-corrected chi connectivity index (χ1v) is 13.6. The maximum absolute atomic E-state index is 6.86. The van der Waals surface area contributed by atoms with Crippen LogP contribution in [0.15, 0.2) is 76.7 Å². The Balaban J connectivity index is 1.25. The molecule has 0 amide bonds. The molecule has 0 saturated carbocycles. The Hall–Kier alpha value is -4.46. The van der Waals surface area contributed by atoms with Crippen molar-refractivity contribution in [3.8, 4) is 40.2 Å². The predicted molar refractivity (Wildman–Crippen MR) is 157 cm³/mol. The van der Waals surface area contributed by atoms with E-state index in [0.717, 1.165) is 33.4 Å². The van der Waals surface area contributed by atoms with Crippen LogP contribution < -0.4 is 34.4 Å². The number of halogens is 2. The van der Waals surface area contributed by atoms with Gasteiger partial charge in [-0.25, -0.2) is 9.98 Å². The minimum absolute atomic E-state index is 0.0344. The van der Waals surface area contributed by atoms with Gasteiger partial charge < -0.3 is 23.7 Å². The summed E-state index contributed by atoms with van der Waals surface area (Å²) >= 11 is 13.7. The maximum atomic E-state index is 6.86. The monoisotopic (exact) mass is 584 g/mol. The smallest absolute Gasteiger partial charge is 0.230 e. The molecular formula is C32H22Cl2N2O5. The van der Waals surface area contributed by atoms with Crippen LogP contribution >= 0.6 is 23.2 Å². The summed E-state index contributed by atoms with van der Waals surface area (Å²) in [6, 6.07) is 21.0. The summed E-state index contributed by atoms with van der Waals surface area (Å²) in [6.45, 7) is 3.98. The molecule has 7 rings (SSSR count). The van der Waals surface area contributed by atoms with Crippen molar-refractivity contribution in [1.82, 2.24) is 0 Å². The van der Waals surface area contributed by atoms with E-state index >= 15 is 0 Å². The van der Waals surface area contributed by atoms with Crippen molar-refractivity contribution in [2.75, 3.05) is 13.9 Å². The molecule has 9 heteroatoms. The quantitative estimate of drug-likeness (QED) is 0.190. The molecule has 2 aliphatic heterocycles. The topological polar surface area (TPSA) is 70.9 Å². The minimum Gasteiger partial charge on any atom is -0.497 e. The first-order valence-electron chi connectivity index (χ1n) is 12.8. The molecule has 0 aliphatic carbocycles. The number of rotatable bonds is 5. The zero-order chi connectivity index (χ0) is 28.2. The Labute approximate surface area is 245 Å². The highest BCUT2D eigenvalue weighted by atomic mass is 35.5. The maximum Gasteiger partial charge on any atom is 0.230 e. The van der Waals surface area contributed by atoms with Crippen molar-refractivity contribution in [3.05, 3.63) is 98.6 Å². The number of nitrogens with zero attached hydrogens (tertiary/aromatic N) is 2. The van der Waals surface area contributed by atoms with Crippen molar-refractivity contribution in [1.29, 1.82) is 0 Å². The molecule has 41 heavy (non-hydrogen) atoms. The Bertz CT molecular complexity index is 2010. The van der Waals surface area contributed by atoms with Gasteiger partial charge in [0.05, 0.1) is 7.11 Å². The van der Waals surface area contributed by atoms with E-state index in [9.17, 15) is 0 Å². The lowest BCUT2D eigenvalue weighted by Gasteiger charge is -2.22. The Morgan fingerprint density at radius 2 is 1.32 bits per heavy atom. The Morgan fingerprint density at radius 1 is 0.683 bits per heavy atom. The van der Waals surface area contributed by atoms with Gasteiger partial charge in [-0.3, -0.25) is 0 Å². The van der Waals surface area contributed by atoms with E-state index in [4.69, 9.17) is 56.9 Å². The van der Waals surface area contributed by atoms with Crippen LogP contribution in [0.1, 0.15) is 11.1 Å². The standard InChI is InChI=1S/C32H22Cl2N2O5/c1-16-4-7-20(8-5-16)38-15-39-24-14-26-22(10-17(24)2)35-29-27(33)31-30(28(34)32(29)41-26)36-23-12-19-11-21(37-3)9-6-18(19)13-25(23)40-31/h4-14H,15H2,1-3H3. The number of benzene rings is 5. The van der Waals surface area contributed by atoms with Gasteiger partial charge in [-0.05, 0) is 72.6 Å². The summed E-state index contributed by atoms with van der Waals surface area (Å²) < 4.78 is 29.5. The molecule has 0 radical (unpaired) electrons. The van der Waals surface area contributed by atoms with E-state index in [1.807, 2.05) is 74.5 Å². The second-order valence-electron chi connectivity index (χ2n) is 9.75. The normalized spacial score (nSPS) is 12.4. The third-order valence-electron chi connectivity index (χ3n) is 6.98. The fourth-order valence-electron chi connectivity index (χ4n) is 4.78. The van der Waals surface area contributed by atoms with Gasteiger partial charge in [0.2, 0.25) is 6.79 Å². The van der Waals surface area contributed by atoms with Crippen LogP contribution in [-0.2, 0) is 0 Å². The van der Waals surface area contributed by atoms with Crippen LogP contribution in [0.2, 0.25) is 10.0 Å². The number of aryl methyl sites for hydroxylation is 2. The summed E-state index contributed by atoms with van der Waals surface area (Å²) in [5.41, 5.74) is 3.22. The van der Waals surface area contributed by atoms with Crippen LogP contribution in [0, 0.1) is 13.8 Å². The summed E-state index contributed by atoms with van der Waals surface area (Å²) in [4.78, 5) is 9.58. The number of fused-ring (bicyclic) bond motifs is 5. The highest BCUT2D eigenvalue weighted by Gasteiger charge is 2.28. The summed E-state index contributed by atoms with van der Waals surface area (Å²) in [6.07, 6.45) is 0. The van der Waals surface area contributed by atoms with Gasteiger partial charge in [0.15, 0.2) is 23.0 Å². The average Bonchev–Trinajstić information content (AvgIpc) is 2.98. The molecule has 0 saturated heterocycles. The fourth-order valence-corrected chi connectivity index (χ4v) is 5.29. The van der Waals surface area contributed by atoms with Gasteiger partial charge in [0.25, 0.3) is 0 Å². The molecule has 0 unspecified atom stereocenters. The van der Waals surface area contributed by atoms with Crippen LogP contribution in [0.4, 0.5) is 11.4 Å². The van der Waals surface area contributed by atoms with Crippen molar-refractivity contribution in [2.24, 2.45) is 9.98 Å². The van der Waals surface area contributed by atoms with E-state index in [0.29, 0.717) is 50.8 Å². The third-order valence-corrected chi connectivity index (χ3v) is 7.68. The molecule has 7 nitrogen and oxygen atoms in total. The zero-order valence-corrected chi connectivity index (χ0v) is 23.8. The predicted octanol–water partition coefficient (Wildman–Crippen LogP) is 8.30. The molecule has 5 aromatic rings. The molecule has 0 bridgehead atoms. The molecule has 0 N–H and O–H groups in total. The van der Waals surface area contributed by atoms with Crippen molar-refractivity contribution >= 4 is 45.3 Å². The van der Waals surface area contributed by atoms with E-state index < -0.39 is 0 Å². The third kappa shape index (κ3) is 4.47. The van der Waals surface area contributed by atoms with E-state index in [2.05, 4.69) is 0 Å². The van der Waals surface area contributed by atoms with Crippen LogP contribution in [0.25, 0.3) is 10.8 Å². The van der Waals surface area contributed by atoms with Crippen molar-refractivity contribution < 1.29 is 23.7 Å². The summed E-state index contributed by atoms with van der Waals surface area (Å²) in [7, 11) is 1.63. The molecule has 0 atom stereocenters. The van der Waals surface area contributed by atoms with Crippen molar-refractivity contribution in [2.45, 2.75) is 13.8 Å². The second kappa shape index (κ2) is 9.87. The highest BCUT2D eigenvalue weighted by molar-refractivity contribution is 6.35. The minimum atomic E-state index is 0.0344. The molecular weight excluding hydrogens is 563 g/mol. The summed E-state index contributed by atoms with van der Waals surface area (Å²) in [5.74, 6) is 3.73. The lowest BCUT2D eigenvalue weighted by Crippen LogP contribution is -2.22. The average molecular weight is 585 g/mol. The zero-order valence-electron chi connectivity index (χ0n) is 22.2. The highest BCUT2D eigenvalue weighted by Crippen LogP contribution is 2.45. The van der Waals surface area contributed by atoms with Gasteiger partial charge >= 0.3 is 0 Å². The van der Waals surface area contributed by atoms with Crippen molar-refractivity contribution in [3.63, 3.8) is 0 Å². The van der Waals surface area contributed by atoms with E-state index in [1.165, 1.54) is 0 Å². The van der Waals surface area contributed by atoms with Crippen LogP contribution in [0.5, 0.6) is 40.2 Å². The van der Waals surface area contributed by atoms with Gasteiger partial charge in [0, 0.05) is 6.07 Å². The first-order chi connectivity index (χ1) is 19.9. The first kappa shape index (κ1) is 25.5. The Morgan fingerprint density at radius 3 is 2.00 bits per heavy atom. The SMILES string of the molecule is COc1ccc2cc3c(cc2c1)N=c1c(Cl)c2c(c(Cl)c1O3)=Nc1cc(C)c(OCOc3ccc(C)cc3)cc1O2. The largest absolute Gasteiger partial charge is 0.497 e. The van der Waals surface area contributed by atoms with Crippen LogP contribution in [-0.4, -0.2) is 13.9 Å². The number of ether oxygens (including phenoxy) is 5. The van der Waals surface area contributed by atoms with E-state index in [1.54, 1.807) is 13.2 Å². The lowest BCUT2D eigenvalue weighted by atomic mass is 10.1. The van der Waals surface area contributed by atoms with Crippen LogP contribution in [0.3, 0.4) is 0 Å². The molecule has 0 aromatic heterocycles. The lowest BCUT2D eigenvalue weighted by molar-refractivity contribution is 0.119. The molecule has 0 spiro atoms. The Kier molecular flexibility index (Phi) is 6.14. The molecule has 5 aromatic carbocycles. The molecule has 2 heterocycles. The van der Waals surface area contributed by atoms with E-state index in [-0.39, 0.29) is 16.8 Å². The fraction of sp³-hybridized carbons (Fsp3) is 0.125. The molecule has 2 aliphatic rings. The van der Waals surface area contributed by atoms with Gasteiger partial charge in [0.1, 0.15) is 49.4 Å². The molecule has 0 fully saturated rings. The van der Waals surface area contributed by atoms with Gasteiger partial charge in [-0.1, -0.05) is 47.0 Å². The summed E-state index contributed by atoms with van der Waals surface area (Å²) in [5, 5.41) is 3.19.